The standard InChI is InChI=1S/C9H12N4O.2ClH/c10-8(14)7-4-2-1-3-6(7)5-13-9(11)12;;/h1-4H,5H2,(H2,10,14)(H4,11,12,13);2*1H. The molecule has 16 heavy (non-hydrogen) atoms. The van der Waals surface area contributed by atoms with Gasteiger partial charge in [-0.3, -0.25) is 10.2 Å². The zero-order chi connectivity index (χ0) is 10.6. The second kappa shape index (κ2) is 7.78. The monoisotopic (exact) mass is 264 g/mol. The van der Waals surface area contributed by atoms with Gasteiger partial charge in [0.15, 0.2) is 5.96 Å². The van der Waals surface area contributed by atoms with E-state index in [0.29, 0.717) is 12.1 Å². The van der Waals surface area contributed by atoms with Crippen LogP contribution in [0.5, 0.6) is 0 Å². The van der Waals surface area contributed by atoms with Crippen molar-refractivity contribution in [3.63, 3.8) is 0 Å². The molecular formula is C9H14Cl2N4O. The predicted octanol–water partition coefficient (Wildman–Crippen LogP) is 0.612. The Hall–Kier alpha value is -1.46. The van der Waals surface area contributed by atoms with Crippen molar-refractivity contribution in [2.24, 2.45) is 11.5 Å². The highest BCUT2D eigenvalue weighted by Crippen LogP contribution is 2.06. The fourth-order valence-electron chi connectivity index (χ4n) is 1.11. The summed E-state index contributed by atoms with van der Waals surface area (Å²) < 4.78 is 0. The molecule has 0 bridgehead atoms. The highest BCUT2D eigenvalue weighted by Gasteiger charge is 2.06. The molecule has 7 heteroatoms. The fourth-order valence-corrected chi connectivity index (χ4v) is 1.11. The van der Waals surface area contributed by atoms with Crippen LogP contribution in [0.2, 0.25) is 0 Å². The summed E-state index contributed by atoms with van der Waals surface area (Å²) in [5, 5.41) is 9.58. The lowest BCUT2D eigenvalue weighted by molar-refractivity contribution is 0.0999. The van der Waals surface area contributed by atoms with Gasteiger partial charge in [-0.15, -0.1) is 24.8 Å². The van der Waals surface area contributed by atoms with Crippen LogP contribution in [0.1, 0.15) is 15.9 Å². The summed E-state index contributed by atoms with van der Waals surface area (Å²) in [7, 11) is 0. The van der Waals surface area contributed by atoms with Gasteiger partial charge in [-0.2, -0.15) is 0 Å². The molecule has 1 aromatic rings. The summed E-state index contributed by atoms with van der Waals surface area (Å²) >= 11 is 0. The molecule has 0 aliphatic carbocycles. The SMILES string of the molecule is Cl.Cl.N=C(N)NCc1ccccc1C(N)=O. The van der Waals surface area contributed by atoms with Crippen molar-refractivity contribution in [1.82, 2.24) is 5.32 Å². The molecular weight excluding hydrogens is 251 g/mol. The summed E-state index contributed by atoms with van der Waals surface area (Å²) in [5.41, 5.74) is 11.5. The average Bonchev–Trinajstić information content (AvgIpc) is 2.15. The van der Waals surface area contributed by atoms with Gasteiger partial charge in [0.2, 0.25) is 5.91 Å². The second-order valence-electron chi connectivity index (χ2n) is 2.79. The number of hydrogen-bond donors (Lipinski definition) is 4. The summed E-state index contributed by atoms with van der Waals surface area (Å²) in [4.78, 5) is 11.0. The number of nitrogens with one attached hydrogen (secondary N) is 2. The van der Waals surface area contributed by atoms with Crippen LogP contribution >= 0.6 is 24.8 Å². The maximum Gasteiger partial charge on any atom is 0.249 e. The molecule has 0 fully saturated rings. The lowest BCUT2D eigenvalue weighted by Gasteiger charge is -2.07. The van der Waals surface area contributed by atoms with E-state index >= 15 is 0 Å². The third kappa shape index (κ3) is 4.86. The minimum absolute atomic E-state index is 0. The molecule has 0 radical (unpaired) electrons. The summed E-state index contributed by atoms with van der Waals surface area (Å²) in [6, 6.07) is 6.93. The van der Waals surface area contributed by atoms with E-state index in [1.165, 1.54) is 0 Å². The zero-order valence-electron chi connectivity index (χ0n) is 8.40. The first kappa shape index (κ1) is 17.0. The van der Waals surface area contributed by atoms with Crippen molar-refractivity contribution in [2.75, 3.05) is 0 Å². The van der Waals surface area contributed by atoms with Gasteiger partial charge in [-0.25, -0.2) is 0 Å². The molecule has 0 unspecified atom stereocenters. The van der Waals surface area contributed by atoms with Crippen LogP contribution in [0, 0.1) is 5.41 Å². The molecule has 1 aromatic carbocycles. The van der Waals surface area contributed by atoms with Gasteiger partial charge < -0.3 is 16.8 Å². The smallest absolute Gasteiger partial charge is 0.249 e. The second-order valence-corrected chi connectivity index (χ2v) is 2.79. The van der Waals surface area contributed by atoms with Crippen molar-refractivity contribution in [1.29, 1.82) is 5.41 Å². The van der Waals surface area contributed by atoms with Crippen LogP contribution in [-0.2, 0) is 6.54 Å². The van der Waals surface area contributed by atoms with Crippen LogP contribution in [0.4, 0.5) is 0 Å². The Bertz CT molecular complexity index is 370. The molecule has 5 nitrogen and oxygen atoms in total. The van der Waals surface area contributed by atoms with Gasteiger partial charge in [0.1, 0.15) is 0 Å². The van der Waals surface area contributed by atoms with Crippen molar-refractivity contribution in [2.45, 2.75) is 6.54 Å². The minimum Gasteiger partial charge on any atom is -0.370 e. The first-order valence-corrected chi connectivity index (χ1v) is 4.07. The molecule has 0 saturated heterocycles. The Kier molecular flexibility index (Phi) is 8.25. The fraction of sp³-hybridized carbons (Fsp3) is 0.111. The molecule has 0 aromatic heterocycles. The Morgan fingerprint density at radius 3 is 2.31 bits per heavy atom. The topological polar surface area (TPSA) is 105 Å². The maximum absolute atomic E-state index is 11.0. The molecule has 90 valence electrons. The van der Waals surface area contributed by atoms with Gasteiger partial charge >= 0.3 is 0 Å². The Morgan fingerprint density at radius 2 is 1.81 bits per heavy atom. The number of nitrogens with two attached hydrogens (primary N) is 2. The van der Waals surface area contributed by atoms with E-state index in [4.69, 9.17) is 16.9 Å². The van der Waals surface area contributed by atoms with Crippen molar-refractivity contribution in [3.8, 4) is 0 Å². The van der Waals surface area contributed by atoms with E-state index in [1.807, 2.05) is 0 Å². The third-order valence-electron chi connectivity index (χ3n) is 1.75. The summed E-state index contributed by atoms with van der Waals surface area (Å²) in [5.74, 6) is -0.616. The number of hydrogen-bond acceptors (Lipinski definition) is 2. The normalized spacial score (nSPS) is 8.25. The number of halogens is 2. The molecule has 1 amide bonds. The van der Waals surface area contributed by atoms with Crippen LogP contribution in [0.3, 0.4) is 0 Å². The van der Waals surface area contributed by atoms with E-state index in [1.54, 1.807) is 24.3 Å². The van der Waals surface area contributed by atoms with Gasteiger partial charge in [0, 0.05) is 12.1 Å². The molecule has 0 spiro atoms. The highest BCUT2D eigenvalue weighted by atomic mass is 35.5. The highest BCUT2D eigenvalue weighted by molar-refractivity contribution is 5.94. The van der Waals surface area contributed by atoms with Crippen LogP contribution in [0.25, 0.3) is 0 Å². The number of benzene rings is 1. The maximum atomic E-state index is 11.0. The first-order chi connectivity index (χ1) is 6.61. The largest absolute Gasteiger partial charge is 0.370 e. The molecule has 0 atom stereocenters. The molecule has 0 saturated carbocycles. The van der Waals surface area contributed by atoms with Gasteiger partial charge in [-0.1, -0.05) is 18.2 Å². The number of amides is 1. The van der Waals surface area contributed by atoms with Crippen molar-refractivity contribution >= 4 is 36.7 Å². The van der Waals surface area contributed by atoms with Crippen molar-refractivity contribution in [3.05, 3.63) is 35.4 Å². The quantitative estimate of drug-likeness (QED) is 0.475. The molecule has 1 rings (SSSR count). The molecule has 0 aliphatic rings. The number of primary amides is 1. The van der Waals surface area contributed by atoms with Crippen LogP contribution in [-0.4, -0.2) is 11.9 Å². The Morgan fingerprint density at radius 1 is 1.25 bits per heavy atom. The number of rotatable bonds is 3. The number of guanidine groups is 1. The van der Waals surface area contributed by atoms with Gasteiger partial charge in [0.05, 0.1) is 0 Å². The van der Waals surface area contributed by atoms with E-state index in [9.17, 15) is 4.79 Å². The lowest BCUT2D eigenvalue weighted by atomic mass is 10.1. The Labute approximate surface area is 106 Å². The molecule has 0 heterocycles. The van der Waals surface area contributed by atoms with Crippen LogP contribution < -0.4 is 16.8 Å². The van der Waals surface area contributed by atoms with E-state index in [0.717, 1.165) is 5.56 Å². The summed E-state index contributed by atoms with van der Waals surface area (Å²) in [6.45, 7) is 0.328. The number of carbonyl (C=O) groups excluding carboxylic acids is 1. The van der Waals surface area contributed by atoms with Gasteiger partial charge in [-0.05, 0) is 11.6 Å². The third-order valence-corrected chi connectivity index (χ3v) is 1.75. The van der Waals surface area contributed by atoms with E-state index in [-0.39, 0.29) is 30.8 Å². The lowest BCUT2D eigenvalue weighted by Crippen LogP contribution is -2.30. The summed E-state index contributed by atoms with van der Waals surface area (Å²) in [6.07, 6.45) is 0. The minimum atomic E-state index is -0.481. The predicted molar refractivity (Wildman–Crippen MR) is 68.2 cm³/mol. The van der Waals surface area contributed by atoms with Crippen LogP contribution in [0.15, 0.2) is 24.3 Å². The molecule has 0 aliphatic heterocycles. The first-order valence-electron chi connectivity index (χ1n) is 4.07. The zero-order valence-corrected chi connectivity index (χ0v) is 10.0. The molecule has 6 N–H and O–H groups in total. The van der Waals surface area contributed by atoms with Gasteiger partial charge in [0.25, 0.3) is 0 Å². The van der Waals surface area contributed by atoms with Crippen molar-refractivity contribution < 1.29 is 4.79 Å². The van der Waals surface area contributed by atoms with E-state index in [2.05, 4.69) is 5.32 Å². The van der Waals surface area contributed by atoms with E-state index < -0.39 is 5.91 Å². The number of carbonyl (C=O) groups is 1. The average molecular weight is 265 g/mol. The Balaban J connectivity index is 0.